The van der Waals surface area contributed by atoms with Crippen LogP contribution in [-0.4, -0.2) is 30.0 Å². The van der Waals surface area contributed by atoms with Crippen LogP contribution in [0.4, 0.5) is 11.4 Å². The second kappa shape index (κ2) is 7.79. The third kappa shape index (κ3) is 3.83. The number of anilines is 1. The Morgan fingerprint density at radius 3 is 2.26 bits per heavy atom. The van der Waals surface area contributed by atoms with Gasteiger partial charge in [0.1, 0.15) is 5.69 Å². The van der Waals surface area contributed by atoms with Gasteiger partial charge in [-0.15, -0.1) is 0 Å². The van der Waals surface area contributed by atoms with Crippen LogP contribution in [0.25, 0.3) is 0 Å². The lowest BCUT2D eigenvalue weighted by Crippen LogP contribution is -2.55. The molecule has 1 aromatic carbocycles. The van der Waals surface area contributed by atoms with Crippen LogP contribution in [-0.2, 0) is 0 Å². The summed E-state index contributed by atoms with van der Waals surface area (Å²) < 4.78 is 0. The average Bonchev–Trinajstić information content (AvgIpc) is 2.73. The van der Waals surface area contributed by atoms with Gasteiger partial charge < -0.3 is 10.2 Å². The van der Waals surface area contributed by atoms with E-state index in [-0.39, 0.29) is 28.0 Å². The summed E-state index contributed by atoms with van der Waals surface area (Å²) in [5, 5.41) is 15.1. The Hall–Kier alpha value is -2.11. The molecule has 6 heteroatoms. The SMILES string of the molecule is CC1CCN(c2ccc(C(=O)NC(C)C34CC5CC(CC(C5)C3)C4)cc2[N+](=O)[O-])CC1. The molecular formula is C25H35N3O3. The molecule has 0 radical (unpaired) electrons. The number of hydrogen-bond donors (Lipinski definition) is 1. The Labute approximate surface area is 184 Å². The Kier molecular flexibility index (Phi) is 5.22. The van der Waals surface area contributed by atoms with Crippen molar-refractivity contribution in [1.29, 1.82) is 0 Å². The molecule has 1 N–H and O–H groups in total. The van der Waals surface area contributed by atoms with Crippen molar-refractivity contribution >= 4 is 17.3 Å². The molecule has 168 valence electrons. The summed E-state index contributed by atoms with van der Waals surface area (Å²) in [6, 6.07) is 5.13. The van der Waals surface area contributed by atoms with Gasteiger partial charge in [0.25, 0.3) is 11.6 Å². The highest BCUT2D eigenvalue weighted by molar-refractivity contribution is 5.96. The third-order valence-corrected chi connectivity index (χ3v) is 8.91. The molecule has 4 aliphatic carbocycles. The average molecular weight is 426 g/mol. The number of nitro groups is 1. The predicted molar refractivity (Wildman–Crippen MR) is 121 cm³/mol. The summed E-state index contributed by atoms with van der Waals surface area (Å²) in [7, 11) is 0. The van der Waals surface area contributed by atoms with E-state index in [0.717, 1.165) is 43.7 Å². The molecule has 0 aromatic heterocycles. The van der Waals surface area contributed by atoms with Gasteiger partial charge in [0.2, 0.25) is 0 Å². The molecule has 1 heterocycles. The number of amides is 1. The van der Waals surface area contributed by atoms with E-state index in [1.165, 1.54) is 44.6 Å². The number of piperidine rings is 1. The molecule has 1 aromatic rings. The number of hydrogen-bond acceptors (Lipinski definition) is 4. The second-order valence-corrected chi connectivity index (χ2v) is 11.1. The Bertz CT molecular complexity index is 839. The molecule has 1 saturated heterocycles. The van der Waals surface area contributed by atoms with Crippen molar-refractivity contribution in [3.05, 3.63) is 33.9 Å². The van der Waals surface area contributed by atoms with E-state index in [2.05, 4.69) is 24.1 Å². The molecule has 4 bridgehead atoms. The zero-order chi connectivity index (χ0) is 21.8. The lowest BCUT2D eigenvalue weighted by atomic mass is 9.48. The van der Waals surface area contributed by atoms with Crippen molar-refractivity contribution in [1.82, 2.24) is 5.32 Å². The number of rotatable bonds is 5. The molecule has 6 rings (SSSR count). The van der Waals surface area contributed by atoms with Crippen LogP contribution in [0.1, 0.15) is 75.6 Å². The van der Waals surface area contributed by atoms with Crippen molar-refractivity contribution in [3.8, 4) is 0 Å². The van der Waals surface area contributed by atoms with E-state index in [0.29, 0.717) is 17.2 Å². The van der Waals surface area contributed by atoms with Crippen molar-refractivity contribution in [2.24, 2.45) is 29.1 Å². The maximum Gasteiger partial charge on any atom is 0.293 e. The van der Waals surface area contributed by atoms with Crippen molar-refractivity contribution in [3.63, 3.8) is 0 Å². The molecule has 6 nitrogen and oxygen atoms in total. The lowest BCUT2D eigenvalue weighted by Gasteiger charge is -2.59. The standard InChI is InChI=1S/C25H35N3O3/c1-16-5-7-27(8-6-16)22-4-3-21(12-23(22)28(30)31)24(29)26-17(2)25-13-18-9-19(14-25)11-20(10-18)15-25/h3-4,12,16-20H,5-11,13-15H2,1-2H3,(H,26,29). The van der Waals surface area contributed by atoms with Gasteiger partial charge >= 0.3 is 0 Å². The molecule has 5 fully saturated rings. The molecule has 1 amide bonds. The summed E-state index contributed by atoms with van der Waals surface area (Å²) in [4.78, 5) is 26.7. The van der Waals surface area contributed by atoms with Crippen LogP contribution in [0.15, 0.2) is 18.2 Å². The summed E-state index contributed by atoms with van der Waals surface area (Å²) in [6.07, 6.45) is 9.91. The highest BCUT2D eigenvalue weighted by atomic mass is 16.6. The largest absolute Gasteiger partial charge is 0.366 e. The molecule has 1 atom stereocenters. The normalized spacial score (nSPS) is 33.4. The third-order valence-electron chi connectivity index (χ3n) is 8.91. The van der Waals surface area contributed by atoms with Gasteiger partial charge in [-0.1, -0.05) is 6.92 Å². The number of benzene rings is 1. The van der Waals surface area contributed by atoms with Gasteiger partial charge in [0.15, 0.2) is 0 Å². The van der Waals surface area contributed by atoms with Crippen LogP contribution in [0.2, 0.25) is 0 Å². The maximum atomic E-state index is 13.1. The van der Waals surface area contributed by atoms with Gasteiger partial charge in [-0.25, -0.2) is 0 Å². The fourth-order valence-electron chi connectivity index (χ4n) is 7.47. The minimum Gasteiger partial charge on any atom is -0.366 e. The molecular weight excluding hydrogens is 390 g/mol. The Morgan fingerprint density at radius 1 is 1.13 bits per heavy atom. The zero-order valence-electron chi connectivity index (χ0n) is 18.8. The minimum absolute atomic E-state index is 0.0460. The summed E-state index contributed by atoms with van der Waals surface area (Å²) >= 11 is 0. The van der Waals surface area contributed by atoms with Gasteiger partial charge in [-0.3, -0.25) is 14.9 Å². The van der Waals surface area contributed by atoms with Crippen molar-refractivity contribution < 1.29 is 9.72 Å². The molecule has 1 unspecified atom stereocenters. The first-order valence-corrected chi connectivity index (χ1v) is 12.2. The summed E-state index contributed by atoms with van der Waals surface area (Å²) in [6.45, 7) is 6.04. The van der Waals surface area contributed by atoms with Crippen LogP contribution < -0.4 is 10.2 Å². The lowest BCUT2D eigenvalue weighted by molar-refractivity contribution is -0.384. The first kappa shape index (κ1) is 20.8. The first-order valence-electron chi connectivity index (χ1n) is 12.2. The first-order chi connectivity index (χ1) is 14.8. The number of nitro benzene ring substituents is 1. The molecule has 1 aliphatic heterocycles. The fourth-order valence-corrected chi connectivity index (χ4v) is 7.47. The monoisotopic (exact) mass is 425 g/mol. The quantitative estimate of drug-likeness (QED) is 0.522. The van der Waals surface area contributed by atoms with E-state index in [9.17, 15) is 14.9 Å². The van der Waals surface area contributed by atoms with E-state index < -0.39 is 0 Å². The van der Waals surface area contributed by atoms with Crippen molar-refractivity contribution in [2.75, 3.05) is 18.0 Å². The van der Waals surface area contributed by atoms with Gasteiger partial charge in [-0.05, 0) is 99.5 Å². The van der Waals surface area contributed by atoms with Crippen LogP contribution in [0.3, 0.4) is 0 Å². The maximum absolute atomic E-state index is 13.1. The van der Waals surface area contributed by atoms with Crippen LogP contribution in [0.5, 0.6) is 0 Å². The highest BCUT2D eigenvalue weighted by Gasteiger charge is 2.53. The minimum atomic E-state index is -0.341. The summed E-state index contributed by atoms with van der Waals surface area (Å²) in [5.41, 5.74) is 1.31. The second-order valence-electron chi connectivity index (χ2n) is 11.1. The number of carbonyl (C=O) groups excluding carboxylic acids is 1. The number of nitrogens with zero attached hydrogens (tertiary/aromatic N) is 2. The number of nitrogens with one attached hydrogen (secondary N) is 1. The molecule has 4 saturated carbocycles. The zero-order valence-corrected chi connectivity index (χ0v) is 18.8. The highest BCUT2D eigenvalue weighted by Crippen LogP contribution is 2.61. The molecule has 0 spiro atoms. The van der Waals surface area contributed by atoms with Gasteiger partial charge in [0.05, 0.1) is 4.92 Å². The van der Waals surface area contributed by atoms with Gasteiger partial charge in [-0.2, -0.15) is 0 Å². The topological polar surface area (TPSA) is 75.5 Å². The van der Waals surface area contributed by atoms with Crippen LogP contribution in [0, 0.1) is 39.2 Å². The van der Waals surface area contributed by atoms with Gasteiger partial charge in [0, 0.05) is 30.8 Å². The number of carbonyl (C=O) groups is 1. The van der Waals surface area contributed by atoms with E-state index >= 15 is 0 Å². The van der Waals surface area contributed by atoms with Crippen molar-refractivity contribution in [2.45, 2.75) is 71.3 Å². The smallest absolute Gasteiger partial charge is 0.293 e. The molecule has 5 aliphatic rings. The van der Waals surface area contributed by atoms with E-state index in [1.807, 2.05) is 0 Å². The van der Waals surface area contributed by atoms with Crippen LogP contribution >= 0.6 is 0 Å². The van der Waals surface area contributed by atoms with E-state index in [1.54, 1.807) is 12.1 Å². The fraction of sp³-hybridized carbons (Fsp3) is 0.720. The van der Waals surface area contributed by atoms with E-state index in [4.69, 9.17) is 0 Å². The molecule has 31 heavy (non-hydrogen) atoms. The summed E-state index contributed by atoms with van der Waals surface area (Å²) in [5.74, 6) is 2.98. The predicted octanol–water partition coefficient (Wildman–Crippen LogP) is 5.17. The Morgan fingerprint density at radius 2 is 1.71 bits per heavy atom. The Balaban J connectivity index is 1.32.